The summed E-state index contributed by atoms with van der Waals surface area (Å²) in [5.74, 6) is 0.939. The number of amides is 1. The van der Waals surface area contributed by atoms with Crippen molar-refractivity contribution < 1.29 is 23.4 Å². The second-order valence-corrected chi connectivity index (χ2v) is 6.99. The lowest BCUT2D eigenvalue weighted by Gasteiger charge is -2.24. The fourth-order valence-corrected chi connectivity index (χ4v) is 2.87. The Kier molecular flexibility index (Phi) is 5.98. The number of oxazole rings is 1. The Balaban J connectivity index is 1.65. The van der Waals surface area contributed by atoms with Crippen LogP contribution in [0.1, 0.15) is 23.9 Å². The largest absolute Gasteiger partial charge is 0.497 e. The summed E-state index contributed by atoms with van der Waals surface area (Å²) in [5.41, 5.74) is 0.450. The third-order valence-corrected chi connectivity index (χ3v) is 4.63. The summed E-state index contributed by atoms with van der Waals surface area (Å²) in [4.78, 5) is 16.8. The standard InChI is InChI=1S/C22H23FN2O4/c1-14-19(25-21(29-14)15-5-4-6-18(11-15)28-3)12-20(26)24-13-22(2,27)16-7-9-17(23)10-8-16/h4-11,27H,12-13H2,1-3H3,(H,24,26). The Hall–Kier alpha value is -3.19. The van der Waals surface area contributed by atoms with Gasteiger partial charge in [-0.3, -0.25) is 4.79 Å². The van der Waals surface area contributed by atoms with Gasteiger partial charge in [-0.25, -0.2) is 9.37 Å². The highest BCUT2D eigenvalue weighted by Crippen LogP contribution is 2.25. The Labute approximate surface area is 168 Å². The van der Waals surface area contributed by atoms with Crippen molar-refractivity contribution in [2.24, 2.45) is 0 Å². The van der Waals surface area contributed by atoms with Crippen LogP contribution in [0, 0.1) is 12.7 Å². The maximum atomic E-state index is 13.1. The number of carbonyl (C=O) groups is 1. The number of nitrogens with zero attached hydrogens (tertiary/aromatic N) is 1. The van der Waals surface area contributed by atoms with Gasteiger partial charge in [-0.15, -0.1) is 0 Å². The van der Waals surface area contributed by atoms with E-state index in [1.165, 1.54) is 24.3 Å². The highest BCUT2D eigenvalue weighted by molar-refractivity contribution is 5.78. The van der Waals surface area contributed by atoms with E-state index < -0.39 is 5.60 Å². The van der Waals surface area contributed by atoms with Crippen LogP contribution in [-0.4, -0.2) is 29.7 Å². The molecule has 1 heterocycles. The molecule has 0 radical (unpaired) electrons. The van der Waals surface area contributed by atoms with Crippen molar-refractivity contribution in [3.8, 4) is 17.2 Å². The quantitative estimate of drug-likeness (QED) is 0.638. The molecule has 0 bridgehead atoms. The van der Waals surface area contributed by atoms with Crippen molar-refractivity contribution in [3.63, 3.8) is 0 Å². The lowest BCUT2D eigenvalue weighted by molar-refractivity contribution is -0.121. The number of hydrogen-bond donors (Lipinski definition) is 2. The number of aryl methyl sites for hydroxylation is 1. The molecular formula is C22H23FN2O4. The van der Waals surface area contributed by atoms with Crippen molar-refractivity contribution in [2.75, 3.05) is 13.7 Å². The Morgan fingerprint density at radius 1 is 1.28 bits per heavy atom. The van der Waals surface area contributed by atoms with Gasteiger partial charge in [-0.1, -0.05) is 18.2 Å². The molecule has 2 N–H and O–H groups in total. The molecule has 7 heteroatoms. The number of aliphatic hydroxyl groups is 1. The zero-order chi connectivity index (χ0) is 21.0. The number of nitrogens with one attached hydrogen (secondary N) is 1. The molecule has 0 fully saturated rings. The summed E-state index contributed by atoms with van der Waals surface area (Å²) in [6.45, 7) is 3.29. The Morgan fingerprint density at radius 2 is 2.00 bits per heavy atom. The van der Waals surface area contributed by atoms with E-state index in [9.17, 15) is 14.3 Å². The third kappa shape index (κ3) is 5.00. The van der Waals surface area contributed by atoms with Crippen molar-refractivity contribution >= 4 is 5.91 Å². The molecule has 2 aromatic carbocycles. The molecule has 3 rings (SSSR count). The molecular weight excluding hydrogens is 375 g/mol. The molecule has 0 aliphatic rings. The first kappa shape index (κ1) is 20.5. The molecule has 6 nitrogen and oxygen atoms in total. The van der Waals surface area contributed by atoms with Crippen molar-refractivity contribution in [1.82, 2.24) is 10.3 Å². The summed E-state index contributed by atoms with van der Waals surface area (Å²) in [5, 5.41) is 13.3. The minimum atomic E-state index is -1.33. The normalized spacial score (nSPS) is 13.0. The van der Waals surface area contributed by atoms with E-state index in [1.807, 2.05) is 18.2 Å². The minimum Gasteiger partial charge on any atom is -0.497 e. The molecule has 0 spiro atoms. The molecule has 0 aliphatic carbocycles. The van der Waals surface area contributed by atoms with Crippen molar-refractivity contribution in [1.29, 1.82) is 0 Å². The van der Waals surface area contributed by atoms with E-state index in [0.29, 0.717) is 28.7 Å². The van der Waals surface area contributed by atoms with Crippen LogP contribution in [0.15, 0.2) is 52.9 Å². The van der Waals surface area contributed by atoms with Gasteiger partial charge in [0, 0.05) is 5.56 Å². The number of aromatic nitrogens is 1. The lowest BCUT2D eigenvalue weighted by atomic mass is 9.96. The second-order valence-electron chi connectivity index (χ2n) is 6.99. The predicted octanol–water partition coefficient (Wildman–Crippen LogP) is 3.36. The van der Waals surface area contributed by atoms with Gasteiger partial charge in [0.1, 0.15) is 22.9 Å². The molecule has 1 amide bonds. The maximum absolute atomic E-state index is 13.1. The smallest absolute Gasteiger partial charge is 0.226 e. The molecule has 1 unspecified atom stereocenters. The minimum absolute atomic E-state index is 0.0127. The van der Waals surface area contributed by atoms with Gasteiger partial charge >= 0.3 is 0 Å². The maximum Gasteiger partial charge on any atom is 0.226 e. The van der Waals surface area contributed by atoms with E-state index in [4.69, 9.17) is 9.15 Å². The second kappa shape index (κ2) is 8.45. The van der Waals surface area contributed by atoms with Crippen LogP contribution in [0.3, 0.4) is 0 Å². The molecule has 29 heavy (non-hydrogen) atoms. The Morgan fingerprint density at radius 3 is 2.69 bits per heavy atom. The van der Waals surface area contributed by atoms with Crippen molar-refractivity contribution in [3.05, 3.63) is 71.4 Å². The van der Waals surface area contributed by atoms with Crippen LogP contribution in [0.4, 0.5) is 4.39 Å². The first-order chi connectivity index (χ1) is 13.8. The third-order valence-electron chi connectivity index (χ3n) is 4.63. The molecule has 0 aliphatic heterocycles. The van der Waals surface area contributed by atoms with Crippen molar-refractivity contribution in [2.45, 2.75) is 25.9 Å². The van der Waals surface area contributed by atoms with Gasteiger partial charge in [0.05, 0.1) is 25.8 Å². The molecule has 152 valence electrons. The van der Waals surface area contributed by atoms with Gasteiger partial charge in [-0.2, -0.15) is 0 Å². The van der Waals surface area contributed by atoms with Gasteiger partial charge in [0.2, 0.25) is 11.8 Å². The topological polar surface area (TPSA) is 84.6 Å². The fourth-order valence-electron chi connectivity index (χ4n) is 2.87. The molecule has 0 saturated carbocycles. The van der Waals surface area contributed by atoms with Crippen LogP contribution < -0.4 is 10.1 Å². The summed E-state index contributed by atoms with van der Waals surface area (Å²) >= 11 is 0. The van der Waals surface area contributed by atoms with Gasteiger partial charge in [0.25, 0.3) is 0 Å². The van der Waals surface area contributed by atoms with Crippen LogP contribution in [0.25, 0.3) is 11.5 Å². The van der Waals surface area contributed by atoms with Gasteiger partial charge in [-0.05, 0) is 49.7 Å². The van der Waals surface area contributed by atoms with Crippen LogP contribution >= 0.6 is 0 Å². The zero-order valence-electron chi connectivity index (χ0n) is 16.5. The van der Waals surface area contributed by atoms with Gasteiger partial charge in [0.15, 0.2) is 0 Å². The number of benzene rings is 2. The van der Waals surface area contributed by atoms with E-state index in [1.54, 1.807) is 27.0 Å². The van der Waals surface area contributed by atoms with Gasteiger partial charge < -0.3 is 19.6 Å². The molecule has 0 saturated heterocycles. The molecule has 1 atom stereocenters. The summed E-state index contributed by atoms with van der Waals surface area (Å²) < 4.78 is 24.0. The average molecular weight is 398 g/mol. The molecule has 3 aromatic rings. The van der Waals surface area contributed by atoms with Crippen LogP contribution in [0.5, 0.6) is 5.75 Å². The monoisotopic (exact) mass is 398 g/mol. The number of ether oxygens (including phenoxy) is 1. The summed E-state index contributed by atoms with van der Waals surface area (Å²) in [6.07, 6.45) is 0.0127. The lowest BCUT2D eigenvalue weighted by Crippen LogP contribution is -2.39. The summed E-state index contributed by atoms with van der Waals surface area (Å²) in [6, 6.07) is 12.8. The first-order valence-electron chi connectivity index (χ1n) is 9.14. The van der Waals surface area contributed by atoms with E-state index >= 15 is 0 Å². The SMILES string of the molecule is COc1cccc(-c2nc(CC(=O)NCC(C)(O)c3ccc(F)cc3)c(C)o2)c1. The number of hydrogen-bond acceptors (Lipinski definition) is 5. The van der Waals surface area contributed by atoms with Crippen LogP contribution in [0.2, 0.25) is 0 Å². The van der Waals surface area contributed by atoms with E-state index in [2.05, 4.69) is 10.3 Å². The highest BCUT2D eigenvalue weighted by Gasteiger charge is 2.24. The highest BCUT2D eigenvalue weighted by atomic mass is 19.1. The fraction of sp³-hybridized carbons (Fsp3) is 0.273. The average Bonchev–Trinajstić information content (AvgIpc) is 3.07. The van der Waals surface area contributed by atoms with E-state index in [0.717, 1.165) is 5.56 Å². The van der Waals surface area contributed by atoms with Crippen LogP contribution in [-0.2, 0) is 16.8 Å². The number of carbonyl (C=O) groups excluding carboxylic acids is 1. The first-order valence-corrected chi connectivity index (χ1v) is 9.14. The Bertz CT molecular complexity index is 996. The number of rotatable bonds is 7. The molecule has 1 aromatic heterocycles. The number of methoxy groups -OCH3 is 1. The summed E-state index contributed by atoms with van der Waals surface area (Å²) in [7, 11) is 1.58. The zero-order valence-corrected chi connectivity index (χ0v) is 16.5. The number of halogens is 1. The predicted molar refractivity (Wildman–Crippen MR) is 106 cm³/mol. The van der Waals surface area contributed by atoms with E-state index in [-0.39, 0.29) is 24.7 Å².